The molecule has 0 unspecified atom stereocenters. The average Bonchev–Trinajstić information content (AvgIpc) is 3.39. The standard InChI is InChI=1S/C24H25N7O6/c1-14(24(35)30-6-8-36-9-7-30)27-23(34)18-11-17(28-20-4-5-26-31(18)20)22(33)25-12-15-2-3-19-16(10-15)29-21(32)13-37-19/h2-5,10-11,14H,6-9,12-13H2,1H3,(H,25,33)(H,27,34)(H,29,32)/t14-/m0/s1. The fraction of sp³-hybridized carbons (Fsp3) is 0.333. The van der Waals surface area contributed by atoms with E-state index in [0.29, 0.717) is 43.4 Å². The van der Waals surface area contributed by atoms with E-state index in [9.17, 15) is 19.2 Å². The number of aromatic nitrogens is 3. The molecule has 0 radical (unpaired) electrons. The topological polar surface area (TPSA) is 156 Å². The van der Waals surface area contributed by atoms with Crippen LogP contribution in [0.5, 0.6) is 5.75 Å². The van der Waals surface area contributed by atoms with Gasteiger partial charge in [-0.2, -0.15) is 5.10 Å². The van der Waals surface area contributed by atoms with Gasteiger partial charge in [-0.25, -0.2) is 9.50 Å². The molecule has 1 atom stereocenters. The van der Waals surface area contributed by atoms with Crippen LogP contribution in [0.2, 0.25) is 0 Å². The van der Waals surface area contributed by atoms with Gasteiger partial charge >= 0.3 is 0 Å². The number of fused-ring (bicyclic) bond motifs is 2. The lowest BCUT2D eigenvalue weighted by atomic mass is 10.1. The Labute approximate surface area is 211 Å². The summed E-state index contributed by atoms with van der Waals surface area (Å²) in [6.45, 7) is 3.56. The molecular formula is C24H25N7O6. The zero-order valence-corrected chi connectivity index (χ0v) is 20.0. The van der Waals surface area contributed by atoms with Gasteiger partial charge in [0, 0.05) is 31.8 Å². The number of carbonyl (C=O) groups is 4. The summed E-state index contributed by atoms with van der Waals surface area (Å²) in [4.78, 5) is 56.2. The van der Waals surface area contributed by atoms with Gasteiger partial charge in [-0.1, -0.05) is 6.07 Å². The molecule has 0 saturated carbocycles. The zero-order chi connectivity index (χ0) is 25.9. The van der Waals surface area contributed by atoms with Crippen LogP contribution in [0.4, 0.5) is 5.69 Å². The molecule has 37 heavy (non-hydrogen) atoms. The van der Waals surface area contributed by atoms with Gasteiger partial charge in [-0.15, -0.1) is 0 Å². The first kappa shape index (κ1) is 24.2. The molecule has 13 nitrogen and oxygen atoms in total. The van der Waals surface area contributed by atoms with Crippen LogP contribution in [0.25, 0.3) is 5.65 Å². The summed E-state index contributed by atoms with van der Waals surface area (Å²) in [5.41, 5.74) is 1.65. The van der Waals surface area contributed by atoms with Gasteiger partial charge in [0.2, 0.25) is 5.91 Å². The van der Waals surface area contributed by atoms with Gasteiger partial charge < -0.3 is 30.3 Å². The largest absolute Gasteiger partial charge is 0.482 e. The first-order valence-electron chi connectivity index (χ1n) is 11.7. The predicted octanol–water partition coefficient (Wildman–Crippen LogP) is -0.0327. The minimum absolute atomic E-state index is 0.0138. The number of amides is 4. The van der Waals surface area contributed by atoms with Crippen molar-refractivity contribution in [3.05, 3.63) is 53.5 Å². The molecule has 0 aliphatic carbocycles. The zero-order valence-electron chi connectivity index (χ0n) is 20.0. The molecule has 1 fully saturated rings. The van der Waals surface area contributed by atoms with Crippen molar-refractivity contribution < 1.29 is 28.7 Å². The quantitative estimate of drug-likeness (QED) is 0.420. The first-order chi connectivity index (χ1) is 17.9. The van der Waals surface area contributed by atoms with Crippen molar-refractivity contribution in [3.8, 4) is 5.75 Å². The third kappa shape index (κ3) is 5.21. The van der Waals surface area contributed by atoms with Gasteiger partial charge in [0.15, 0.2) is 12.3 Å². The summed E-state index contributed by atoms with van der Waals surface area (Å²) >= 11 is 0. The minimum atomic E-state index is -0.782. The van der Waals surface area contributed by atoms with Gasteiger partial charge in [0.1, 0.15) is 23.2 Å². The van der Waals surface area contributed by atoms with Crippen LogP contribution in [0.1, 0.15) is 33.5 Å². The molecule has 3 N–H and O–H groups in total. The third-order valence-corrected chi connectivity index (χ3v) is 6.00. The van der Waals surface area contributed by atoms with E-state index in [2.05, 4.69) is 26.0 Å². The SMILES string of the molecule is C[C@H](NC(=O)c1cc(C(=O)NCc2ccc3c(c2)NC(=O)CO3)nc2ccnn12)C(=O)N1CCOCC1. The van der Waals surface area contributed by atoms with Crippen LogP contribution < -0.4 is 20.7 Å². The van der Waals surface area contributed by atoms with Crippen molar-refractivity contribution >= 4 is 35.0 Å². The van der Waals surface area contributed by atoms with E-state index in [1.807, 2.05) is 0 Å². The highest BCUT2D eigenvalue weighted by molar-refractivity contribution is 6.00. The van der Waals surface area contributed by atoms with Crippen LogP contribution in [-0.4, -0.2) is 82.1 Å². The summed E-state index contributed by atoms with van der Waals surface area (Å²) in [5.74, 6) is -0.983. The molecule has 4 amide bonds. The molecule has 4 heterocycles. The second-order valence-corrected chi connectivity index (χ2v) is 8.61. The Morgan fingerprint density at radius 2 is 1.95 bits per heavy atom. The number of carbonyl (C=O) groups excluding carboxylic acids is 4. The molecule has 192 valence electrons. The maximum Gasteiger partial charge on any atom is 0.270 e. The van der Waals surface area contributed by atoms with Crippen molar-refractivity contribution in [3.63, 3.8) is 0 Å². The predicted molar refractivity (Wildman–Crippen MR) is 129 cm³/mol. The minimum Gasteiger partial charge on any atom is -0.482 e. The Morgan fingerprint density at radius 3 is 2.76 bits per heavy atom. The van der Waals surface area contributed by atoms with Crippen molar-refractivity contribution in [2.24, 2.45) is 0 Å². The summed E-state index contributed by atoms with van der Waals surface area (Å²) in [7, 11) is 0. The molecule has 5 rings (SSSR count). The third-order valence-electron chi connectivity index (χ3n) is 6.00. The lowest BCUT2D eigenvalue weighted by Crippen LogP contribution is -2.50. The Balaban J connectivity index is 1.29. The molecule has 0 bridgehead atoms. The number of ether oxygens (including phenoxy) is 2. The van der Waals surface area contributed by atoms with Crippen LogP contribution >= 0.6 is 0 Å². The molecule has 1 saturated heterocycles. The number of morpholine rings is 1. The molecule has 13 heteroatoms. The maximum absolute atomic E-state index is 13.1. The Morgan fingerprint density at radius 1 is 1.14 bits per heavy atom. The lowest BCUT2D eigenvalue weighted by Gasteiger charge is -2.29. The highest BCUT2D eigenvalue weighted by Crippen LogP contribution is 2.28. The van der Waals surface area contributed by atoms with Crippen molar-refractivity contribution in [2.75, 3.05) is 38.2 Å². The molecule has 0 spiro atoms. The van der Waals surface area contributed by atoms with Crippen LogP contribution in [0.3, 0.4) is 0 Å². The van der Waals surface area contributed by atoms with Gasteiger partial charge in [0.05, 0.1) is 25.1 Å². The highest BCUT2D eigenvalue weighted by atomic mass is 16.5. The lowest BCUT2D eigenvalue weighted by molar-refractivity contribution is -0.136. The van der Waals surface area contributed by atoms with E-state index < -0.39 is 17.9 Å². The van der Waals surface area contributed by atoms with E-state index in [-0.39, 0.29) is 36.4 Å². The van der Waals surface area contributed by atoms with E-state index in [4.69, 9.17) is 9.47 Å². The second kappa shape index (κ2) is 10.2. The van der Waals surface area contributed by atoms with E-state index in [1.165, 1.54) is 16.8 Å². The molecule has 2 aromatic heterocycles. The van der Waals surface area contributed by atoms with Crippen molar-refractivity contribution in [2.45, 2.75) is 19.5 Å². The van der Waals surface area contributed by atoms with Crippen LogP contribution in [0, 0.1) is 0 Å². The fourth-order valence-corrected chi connectivity index (χ4v) is 4.09. The molecule has 2 aliphatic heterocycles. The monoisotopic (exact) mass is 507 g/mol. The summed E-state index contributed by atoms with van der Waals surface area (Å²) in [6.07, 6.45) is 1.46. The number of anilines is 1. The van der Waals surface area contributed by atoms with E-state index in [0.717, 1.165) is 5.56 Å². The Hall–Kier alpha value is -4.52. The second-order valence-electron chi connectivity index (χ2n) is 8.61. The number of hydrogen-bond acceptors (Lipinski definition) is 8. The van der Waals surface area contributed by atoms with E-state index >= 15 is 0 Å². The number of nitrogens with one attached hydrogen (secondary N) is 3. The summed E-state index contributed by atoms with van der Waals surface area (Å²) in [5, 5.41) is 12.3. The molecule has 1 aromatic carbocycles. The fourth-order valence-electron chi connectivity index (χ4n) is 4.09. The molecule has 2 aliphatic rings. The number of benzene rings is 1. The van der Waals surface area contributed by atoms with Crippen LogP contribution in [0.15, 0.2) is 36.5 Å². The number of nitrogens with zero attached hydrogens (tertiary/aromatic N) is 4. The summed E-state index contributed by atoms with van der Waals surface area (Å²) in [6, 6.07) is 7.32. The van der Waals surface area contributed by atoms with Crippen LogP contribution in [-0.2, 0) is 20.9 Å². The Bertz CT molecular complexity index is 1380. The molecular weight excluding hydrogens is 482 g/mol. The average molecular weight is 508 g/mol. The van der Waals surface area contributed by atoms with E-state index in [1.54, 1.807) is 36.1 Å². The molecule has 3 aromatic rings. The Kier molecular flexibility index (Phi) is 6.68. The van der Waals surface area contributed by atoms with Crippen molar-refractivity contribution in [1.29, 1.82) is 0 Å². The number of hydrogen-bond donors (Lipinski definition) is 3. The van der Waals surface area contributed by atoms with Gasteiger partial charge in [-0.05, 0) is 24.6 Å². The maximum atomic E-state index is 13.1. The first-order valence-corrected chi connectivity index (χ1v) is 11.7. The normalized spacial score (nSPS) is 15.8. The summed E-state index contributed by atoms with van der Waals surface area (Å²) < 4.78 is 11.9. The smallest absolute Gasteiger partial charge is 0.270 e. The van der Waals surface area contributed by atoms with Gasteiger partial charge in [-0.3, -0.25) is 19.2 Å². The highest BCUT2D eigenvalue weighted by Gasteiger charge is 2.26. The van der Waals surface area contributed by atoms with Gasteiger partial charge in [0.25, 0.3) is 17.7 Å². The number of rotatable bonds is 6. The van der Waals surface area contributed by atoms with Crippen molar-refractivity contribution in [1.82, 2.24) is 30.1 Å².